The predicted molar refractivity (Wildman–Crippen MR) is 113 cm³/mol. The Morgan fingerprint density at radius 2 is 1.94 bits per heavy atom. The molecule has 10 nitrogen and oxygen atoms in total. The van der Waals surface area contributed by atoms with E-state index in [4.69, 9.17) is 0 Å². The number of aryl methyl sites for hydroxylation is 2. The van der Waals surface area contributed by atoms with Gasteiger partial charge in [0, 0.05) is 39.5 Å². The molecule has 0 radical (unpaired) electrons. The lowest BCUT2D eigenvalue weighted by molar-refractivity contribution is -0.133. The zero-order valence-electron chi connectivity index (χ0n) is 18.0. The van der Waals surface area contributed by atoms with Gasteiger partial charge in [0.2, 0.25) is 17.7 Å². The molecule has 1 fully saturated rings. The zero-order chi connectivity index (χ0) is 22.2. The third kappa shape index (κ3) is 6.09. The number of hydrogen-bond donors (Lipinski definition) is 1. The van der Waals surface area contributed by atoms with Crippen molar-refractivity contribution in [1.82, 2.24) is 35.3 Å². The standard InChI is InChI=1S/C21H29N7O3/c1-16-23-24-25-28(16)13-9-21(31)26-11-6-12-27(17(2)29)19(15-20(30)22-10-14-26)18-7-4-3-5-8-18/h3-5,7-8,19H,6,9-15H2,1-2H3,(H,22,30). The van der Waals surface area contributed by atoms with E-state index in [0.717, 1.165) is 5.56 Å². The normalized spacial score (nSPS) is 18.3. The van der Waals surface area contributed by atoms with Gasteiger partial charge in [-0.3, -0.25) is 14.4 Å². The second-order valence-corrected chi connectivity index (χ2v) is 7.63. The number of amides is 3. The minimum absolute atomic E-state index is 0.0302. The molecule has 1 aromatic carbocycles. The molecule has 1 aliphatic heterocycles. The Balaban J connectivity index is 1.69. The monoisotopic (exact) mass is 427 g/mol. The van der Waals surface area contributed by atoms with E-state index in [-0.39, 0.29) is 36.6 Å². The van der Waals surface area contributed by atoms with Crippen molar-refractivity contribution in [3.8, 4) is 0 Å². The highest BCUT2D eigenvalue weighted by Crippen LogP contribution is 2.25. The summed E-state index contributed by atoms with van der Waals surface area (Å²) in [7, 11) is 0. The number of carbonyl (C=O) groups excluding carboxylic acids is 3. The third-order valence-electron chi connectivity index (χ3n) is 5.48. The van der Waals surface area contributed by atoms with Crippen molar-refractivity contribution >= 4 is 17.7 Å². The van der Waals surface area contributed by atoms with Crippen molar-refractivity contribution in [1.29, 1.82) is 0 Å². The molecule has 0 bridgehead atoms. The molecule has 1 saturated heterocycles. The summed E-state index contributed by atoms with van der Waals surface area (Å²) in [5.41, 5.74) is 0.928. The number of nitrogens with zero attached hydrogens (tertiary/aromatic N) is 6. The van der Waals surface area contributed by atoms with Crippen molar-refractivity contribution in [2.75, 3.05) is 26.2 Å². The lowest BCUT2D eigenvalue weighted by Gasteiger charge is -2.31. The van der Waals surface area contributed by atoms with Crippen LogP contribution in [0.1, 0.15) is 43.6 Å². The summed E-state index contributed by atoms with van der Waals surface area (Å²) in [4.78, 5) is 41.2. The Morgan fingerprint density at radius 1 is 1.16 bits per heavy atom. The molecule has 1 aromatic heterocycles. The van der Waals surface area contributed by atoms with Crippen LogP contribution >= 0.6 is 0 Å². The zero-order valence-corrected chi connectivity index (χ0v) is 18.0. The molecule has 10 heteroatoms. The Morgan fingerprint density at radius 3 is 2.61 bits per heavy atom. The number of rotatable bonds is 4. The average Bonchev–Trinajstić information content (AvgIpc) is 3.15. The molecule has 0 spiro atoms. The van der Waals surface area contributed by atoms with Crippen LogP contribution in [0.25, 0.3) is 0 Å². The third-order valence-corrected chi connectivity index (χ3v) is 5.48. The fourth-order valence-corrected chi connectivity index (χ4v) is 3.80. The van der Waals surface area contributed by atoms with Crippen LogP contribution in [-0.2, 0) is 20.9 Å². The SMILES string of the molecule is CC(=O)N1CCCN(C(=O)CCn2nnnc2C)CCNC(=O)CC1c1ccccc1. The predicted octanol–water partition coefficient (Wildman–Crippen LogP) is 0.700. The van der Waals surface area contributed by atoms with E-state index in [1.54, 1.807) is 21.4 Å². The van der Waals surface area contributed by atoms with Gasteiger partial charge >= 0.3 is 0 Å². The molecule has 3 rings (SSSR count). The van der Waals surface area contributed by atoms with E-state index in [0.29, 0.717) is 45.0 Å². The largest absolute Gasteiger partial charge is 0.354 e. The molecule has 166 valence electrons. The van der Waals surface area contributed by atoms with E-state index in [2.05, 4.69) is 20.8 Å². The number of tetrazole rings is 1. The molecule has 2 aromatic rings. The summed E-state index contributed by atoms with van der Waals surface area (Å²) < 4.78 is 1.59. The fourth-order valence-electron chi connectivity index (χ4n) is 3.80. The number of hydrogen-bond acceptors (Lipinski definition) is 6. The van der Waals surface area contributed by atoms with Crippen LogP contribution in [0.3, 0.4) is 0 Å². The first kappa shape index (κ1) is 22.4. The maximum absolute atomic E-state index is 12.8. The van der Waals surface area contributed by atoms with Crippen LogP contribution in [0.4, 0.5) is 0 Å². The molecule has 0 aliphatic carbocycles. The minimum Gasteiger partial charge on any atom is -0.354 e. The Labute approximate surface area is 181 Å². The van der Waals surface area contributed by atoms with E-state index < -0.39 is 0 Å². The van der Waals surface area contributed by atoms with Gasteiger partial charge in [-0.05, 0) is 29.3 Å². The highest BCUT2D eigenvalue weighted by molar-refractivity contribution is 5.79. The topological polar surface area (TPSA) is 113 Å². The summed E-state index contributed by atoms with van der Waals surface area (Å²) in [6.45, 7) is 5.48. The van der Waals surface area contributed by atoms with Crippen LogP contribution in [-0.4, -0.2) is 73.9 Å². The molecule has 1 atom stereocenters. The maximum Gasteiger partial charge on any atom is 0.224 e. The quantitative estimate of drug-likeness (QED) is 0.768. The first-order chi connectivity index (χ1) is 15.0. The fraction of sp³-hybridized carbons (Fsp3) is 0.524. The van der Waals surface area contributed by atoms with E-state index in [9.17, 15) is 14.4 Å². The molecule has 2 heterocycles. The molecule has 31 heavy (non-hydrogen) atoms. The van der Waals surface area contributed by atoms with Gasteiger partial charge < -0.3 is 15.1 Å². The second-order valence-electron chi connectivity index (χ2n) is 7.63. The number of benzene rings is 1. The lowest BCUT2D eigenvalue weighted by atomic mass is 10.0. The number of aromatic nitrogens is 4. The van der Waals surface area contributed by atoms with Gasteiger partial charge in [-0.25, -0.2) is 4.68 Å². The van der Waals surface area contributed by atoms with Gasteiger partial charge in [-0.15, -0.1) is 5.10 Å². The van der Waals surface area contributed by atoms with Crippen molar-refractivity contribution in [3.63, 3.8) is 0 Å². The second kappa shape index (κ2) is 10.6. The van der Waals surface area contributed by atoms with Crippen molar-refractivity contribution in [2.24, 2.45) is 0 Å². The highest BCUT2D eigenvalue weighted by atomic mass is 16.2. The molecule has 1 N–H and O–H groups in total. The Bertz CT molecular complexity index is 899. The number of nitrogens with one attached hydrogen (secondary N) is 1. The summed E-state index contributed by atoms with van der Waals surface area (Å²) in [6.07, 6.45) is 1.09. The molecular weight excluding hydrogens is 398 g/mol. The Kier molecular flexibility index (Phi) is 7.69. The summed E-state index contributed by atoms with van der Waals surface area (Å²) in [5, 5.41) is 14.2. The molecule has 3 amide bonds. The van der Waals surface area contributed by atoms with Crippen molar-refractivity contribution in [3.05, 3.63) is 41.7 Å². The van der Waals surface area contributed by atoms with Crippen LogP contribution in [0.2, 0.25) is 0 Å². The van der Waals surface area contributed by atoms with Crippen LogP contribution in [0.15, 0.2) is 30.3 Å². The average molecular weight is 428 g/mol. The highest BCUT2D eigenvalue weighted by Gasteiger charge is 2.26. The van der Waals surface area contributed by atoms with E-state index in [1.165, 1.54) is 6.92 Å². The molecule has 1 aliphatic rings. The van der Waals surface area contributed by atoms with Gasteiger partial charge in [0.05, 0.1) is 19.0 Å². The van der Waals surface area contributed by atoms with Crippen LogP contribution in [0.5, 0.6) is 0 Å². The van der Waals surface area contributed by atoms with Gasteiger partial charge in [-0.1, -0.05) is 30.3 Å². The summed E-state index contributed by atoms with van der Waals surface area (Å²) >= 11 is 0. The lowest BCUT2D eigenvalue weighted by Crippen LogP contribution is -2.39. The summed E-state index contributed by atoms with van der Waals surface area (Å²) in [5.74, 6) is 0.394. The maximum atomic E-state index is 12.8. The first-order valence-electron chi connectivity index (χ1n) is 10.5. The minimum atomic E-state index is -0.330. The van der Waals surface area contributed by atoms with Gasteiger partial charge in [-0.2, -0.15) is 0 Å². The van der Waals surface area contributed by atoms with E-state index >= 15 is 0 Å². The van der Waals surface area contributed by atoms with Crippen LogP contribution in [0, 0.1) is 6.92 Å². The first-order valence-corrected chi connectivity index (χ1v) is 10.5. The van der Waals surface area contributed by atoms with Crippen LogP contribution < -0.4 is 5.32 Å². The molecule has 0 saturated carbocycles. The van der Waals surface area contributed by atoms with Gasteiger partial charge in [0.1, 0.15) is 5.82 Å². The Hall–Kier alpha value is -3.30. The van der Waals surface area contributed by atoms with Gasteiger partial charge in [0.15, 0.2) is 0 Å². The van der Waals surface area contributed by atoms with E-state index in [1.807, 2.05) is 30.3 Å². The van der Waals surface area contributed by atoms with Crippen molar-refractivity contribution < 1.29 is 14.4 Å². The number of carbonyl (C=O) groups is 3. The smallest absolute Gasteiger partial charge is 0.224 e. The molecule has 1 unspecified atom stereocenters. The van der Waals surface area contributed by atoms with Crippen molar-refractivity contribution in [2.45, 2.75) is 45.7 Å². The van der Waals surface area contributed by atoms with Gasteiger partial charge in [0.25, 0.3) is 0 Å². The molecular formula is C21H29N7O3. The summed E-state index contributed by atoms with van der Waals surface area (Å²) in [6, 6.07) is 9.26.